The first kappa shape index (κ1) is 11.1. The first-order chi connectivity index (χ1) is 7.79. The molecule has 2 heterocycles. The average Bonchev–Trinajstić information content (AvgIpc) is 2.32. The molecule has 16 heavy (non-hydrogen) atoms. The smallest absolute Gasteiger partial charge is 0.147 e. The molecule has 1 aliphatic rings. The van der Waals surface area contributed by atoms with E-state index in [0.29, 0.717) is 5.82 Å². The third-order valence-corrected chi connectivity index (χ3v) is 2.77. The lowest BCUT2D eigenvalue weighted by Crippen LogP contribution is -2.47. The van der Waals surface area contributed by atoms with E-state index >= 15 is 0 Å². The van der Waals surface area contributed by atoms with Gasteiger partial charge in [0.15, 0.2) is 0 Å². The van der Waals surface area contributed by atoms with Crippen LogP contribution in [0, 0.1) is 0 Å². The van der Waals surface area contributed by atoms with Crippen LogP contribution < -0.4 is 10.6 Å². The second-order valence-corrected chi connectivity index (χ2v) is 3.85. The maximum absolute atomic E-state index is 8.84. The van der Waals surface area contributed by atoms with Crippen LogP contribution in [0.3, 0.4) is 0 Å². The van der Waals surface area contributed by atoms with Crippen molar-refractivity contribution in [2.45, 2.75) is 0 Å². The highest BCUT2D eigenvalue weighted by Crippen LogP contribution is 2.12. The number of β-amino-alcohol motifs (C(OH)–C–C–N with tert-alkyl or cyclic N) is 1. The number of hydrogen-bond donors (Lipinski definition) is 2. The number of piperazine rings is 1. The second-order valence-electron chi connectivity index (χ2n) is 3.85. The van der Waals surface area contributed by atoms with Gasteiger partial charge < -0.3 is 15.7 Å². The Morgan fingerprint density at radius 2 is 1.94 bits per heavy atom. The maximum Gasteiger partial charge on any atom is 0.147 e. The summed E-state index contributed by atoms with van der Waals surface area (Å²) in [6.07, 6.45) is 3.28. The molecule has 0 aromatic carbocycles. The van der Waals surface area contributed by atoms with Gasteiger partial charge in [-0.1, -0.05) is 0 Å². The van der Waals surface area contributed by atoms with E-state index in [4.69, 9.17) is 10.8 Å². The minimum atomic E-state index is 0.224. The van der Waals surface area contributed by atoms with Crippen molar-refractivity contribution in [3.8, 4) is 0 Å². The Morgan fingerprint density at radius 1 is 1.19 bits per heavy atom. The van der Waals surface area contributed by atoms with Gasteiger partial charge in [-0.2, -0.15) is 0 Å². The van der Waals surface area contributed by atoms with Crippen molar-refractivity contribution in [1.29, 1.82) is 0 Å². The number of nitrogen functional groups attached to an aromatic ring is 1. The van der Waals surface area contributed by atoms with Gasteiger partial charge in [-0.3, -0.25) is 4.90 Å². The van der Waals surface area contributed by atoms with Crippen molar-refractivity contribution in [3.63, 3.8) is 0 Å². The van der Waals surface area contributed by atoms with Crippen molar-refractivity contribution in [2.75, 3.05) is 50.0 Å². The first-order valence-electron chi connectivity index (χ1n) is 5.45. The molecular weight excluding hydrogens is 206 g/mol. The zero-order chi connectivity index (χ0) is 11.4. The minimum absolute atomic E-state index is 0.224. The Hall–Kier alpha value is -1.40. The number of nitrogens with zero attached hydrogens (tertiary/aromatic N) is 4. The van der Waals surface area contributed by atoms with Crippen LogP contribution in [0.5, 0.6) is 0 Å². The molecule has 6 nitrogen and oxygen atoms in total. The van der Waals surface area contributed by atoms with Gasteiger partial charge in [-0.25, -0.2) is 9.97 Å². The number of aliphatic hydroxyl groups excluding tert-OH is 1. The molecule has 1 aromatic rings. The molecule has 0 unspecified atom stereocenters. The predicted molar refractivity (Wildman–Crippen MR) is 62.2 cm³/mol. The van der Waals surface area contributed by atoms with Crippen LogP contribution in [0.25, 0.3) is 0 Å². The van der Waals surface area contributed by atoms with Crippen LogP contribution in [0.1, 0.15) is 0 Å². The third-order valence-electron chi connectivity index (χ3n) is 2.77. The van der Waals surface area contributed by atoms with E-state index < -0.39 is 0 Å². The Balaban J connectivity index is 1.91. The summed E-state index contributed by atoms with van der Waals surface area (Å²) < 4.78 is 0. The molecule has 1 fully saturated rings. The average molecular weight is 223 g/mol. The van der Waals surface area contributed by atoms with E-state index in [1.807, 2.05) is 0 Å². The van der Waals surface area contributed by atoms with E-state index in [1.165, 1.54) is 0 Å². The van der Waals surface area contributed by atoms with Crippen molar-refractivity contribution < 1.29 is 5.11 Å². The molecule has 2 rings (SSSR count). The maximum atomic E-state index is 8.84. The fourth-order valence-electron chi connectivity index (χ4n) is 1.84. The highest BCUT2D eigenvalue weighted by molar-refractivity contribution is 5.39. The fourth-order valence-corrected chi connectivity index (χ4v) is 1.84. The van der Waals surface area contributed by atoms with E-state index in [-0.39, 0.29) is 6.61 Å². The number of rotatable bonds is 3. The number of aliphatic hydroxyl groups is 1. The third kappa shape index (κ3) is 2.59. The Morgan fingerprint density at radius 3 is 2.50 bits per heavy atom. The molecule has 0 radical (unpaired) electrons. The van der Waals surface area contributed by atoms with Crippen molar-refractivity contribution >= 4 is 11.6 Å². The van der Waals surface area contributed by atoms with Crippen molar-refractivity contribution in [3.05, 3.63) is 12.4 Å². The van der Waals surface area contributed by atoms with E-state index in [2.05, 4.69) is 19.8 Å². The van der Waals surface area contributed by atoms with Crippen LogP contribution in [0.4, 0.5) is 11.6 Å². The van der Waals surface area contributed by atoms with Crippen LogP contribution in [0.15, 0.2) is 12.4 Å². The first-order valence-corrected chi connectivity index (χ1v) is 5.45. The van der Waals surface area contributed by atoms with E-state index in [0.717, 1.165) is 38.5 Å². The second kappa shape index (κ2) is 5.09. The van der Waals surface area contributed by atoms with Crippen LogP contribution >= 0.6 is 0 Å². The molecule has 1 aromatic heterocycles. The lowest BCUT2D eigenvalue weighted by atomic mass is 10.3. The van der Waals surface area contributed by atoms with Crippen molar-refractivity contribution in [2.24, 2.45) is 0 Å². The summed E-state index contributed by atoms with van der Waals surface area (Å²) >= 11 is 0. The molecule has 0 spiro atoms. The van der Waals surface area contributed by atoms with Crippen LogP contribution in [-0.4, -0.2) is 59.3 Å². The Kier molecular flexibility index (Phi) is 3.53. The lowest BCUT2D eigenvalue weighted by Gasteiger charge is -2.34. The summed E-state index contributed by atoms with van der Waals surface area (Å²) in [7, 11) is 0. The van der Waals surface area contributed by atoms with E-state index in [9.17, 15) is 0 Å². The lowest BCUT2D eigenvalue weighted by molar-refractivity contribution is 0.188. The van der Waals surface area contributed by atoms with Crippen molar-refractivity contribution in [1.82, 2.24) is 14.9 Å². The Bertz CT molecular complexity index is 320. The Labute approximate surface area is 94.7 Å². The minimum Gasteiger partial charge on any atom is -0.395 e. The molecule has 3 N–H and O–H groups in total. The van der Waals surface area contributed by atoms with Gasteiger partial charge in [0, 0.05) is 32.7 Å². The van der Waals surface area contributed by atoms with Gasteiger partial charge in [-0.05, 0) is 0 Å². The molecule has 1 saturated heterocycles. The molecule has 88 valence electrons. The van der Waals surface area contributed by atoms with Gasteiger partial charge >= 0.3 is 0 Å². The summed E-state index contributed by atoms with van der Waals surface area (Å²) in [5.74, 6) is 1.32. The molecule has 0 aliphatic carbocycles. The number of anilines is 2. The quantitative estimate of drug-likeness (QED) is 0.696. The summed E-state index contributed by atoms with van der Waals surface area (Å²) in [5, 5.41) is 8.84. The van der Waals surface area contributed by atoms with Crippen LogP contribution in [0.2, 0.25) is 0 Å². The number of nitrogens with two attached hydrogens (primary N) is 1. The largest absolute Gasteiger partial charge is 0.395 e. The zero-order valence-electron chi connectivity index (χ0n) is 9.21. The topological polar surface area (TPSA) is 78.5 Å². The molecule has 1 aliphatic heterocycles. The molecule has 0 amide bonds. The molecular formula is C10H17N5O. The molecule has 6 heteroatoms. The summed E-state index contributed by atoms with van der Waals surface area (Å²) in [5.41, 5.74) is 5.49. The molecule has 0 atom stereocenters. The van der Waals surface area contributed by atoms with Gasteiger partial charge in [0.25, 0.3) is 0 Å². The van der Waals surface area contributed by atoms with Crippen LogP contribution in [-0.2, 0) is 0 Å². The number of hydrogen-bond acceptors (Lipinski definition) is 6. The normalized spacial score (nSPS) is 17.7. The summed E-state index contributed by atoms with van der Waals surface area (Å²) in [4.78, 5) is 12.7. The van der Waals surface area contributed by atoms with Gasteiger partial charge in [0.2, 0.25) is 0 Å². The van der Waals surface area contributed by atoms with Gasteiger partial charge in [0.1, 0.15) is 11.6 Å². The zero-order valence-corrected chi connectivity index (χ0v) is 9.21. The van der Waals surface area contributed by atoms with Gasteiger partial charge in [0.05, 0.1) is 19.0 Å². The summed E-state index contributed by atoms with van der Waals surface area (Å²) in [6, 6.07) is 0. The molecule has 0 saturated carbocycles. The van der Waals surface area contributed by atoms with Gasteiger partial charge in [-0.15, -0.1) is 0 Å². The SMILES string of the molecule is Nc1cnc(N2CCN(CCO)CC2)cn1. The predicted octanol–water partition coefficient (Wildman–Crippen LogP) is -0.827. The monoisotopic (exact) mass is 223 g/mol. The molecule has 0 bridgehead atoms. The summed E-state index contributed by atoms with van der Waals surface area (Å²) in [6.45, 7) is 4.71. The highest BCUT2D eigenvalue weighted by Gasteiger charge is 2.17. The number of aromatic nitrogens is 2. The standard InChI is InChI=1S/C10H17N5O/c11-9-7-13-10(8-12-9)15-3-1-14(2-4-15)5-6-16/h7-8,16H,1-6H2,(H2,11,12). The highest BCUT2D eigenvalue weighted by atomic mass is 16.3. The van der Waals surface area contributed by atoms with E-state index in [1.54, 1.807) is 12.4 Å². The fraction of sp³-hybridized carbons (Fsp3) is 0.600.